The summed E-state index contributed by atoms with van der Waals surface area (Å²) in [6.07, 6.45) is 2.77. The van der Waals surface area contributed by atoms with Gasteiger partial charge in [-0.05, 0) is 55.2 Å². The summed E-state index contributed by atoms with van der Waals surface area (Å²) in [4.78, 5) is 61.4. The molecule has 3 aromatic rings. The van der Waals surface area contributed by atoms with E-state index in [-0.39, 0.29) is 23.7 Å². The van der Waals surface area contributed by atoms with E-state index in [4.69, 9.17) is 9.47 Å². The molecule has 10 nitrogen and oxygen atoms in total. The second-order valence-corrected chi connectivity index (χ2v) is 15.2. The van der Waals surface area contributed by atoms with Gasteiger partial charge in [0.1, 0.15) is 17.7 Å². The molecule has 52 heavy (non-hydrogen) atoms. The van der Waals surface area contributed by atoms with E-state index in [1.807, 2.05) is 79.7 Å². The van der Waals surface area contributed by atoms with E-state index in [0.717, 1.165) is 10.8 Å². The predicted octanol–water partition coefficient (Wildman–Crippen LogP) is 5.59. The van der Waals surface area contributed by atoms with Crippen LogP contribution in [0.1, 0.15) is 44.8 Å². The van der Waals surface area contributed by atoms with Gasteiger partial charge in [0.2, 0.25) is 11.8 Å². The van der Waals surface area contributed by atoms with Crippen molar-refractivity contribution in [3.63, 3.8) is 0 Å². The van der Waals surface area contributed by atoms with E-state index in [1.165, 1.54) is 4.90 Å². The normalized spacial score (nSPS) is 26.4. The Morgan fingerprint density at radius 1 is 1.06 bits per heavy atom. The Bertz CT molecular complexity index is 1850. The molecule has 0 aliphatic carbocycles. The van der Waals surface area contributed by atoms with Crippen LogP contribution >= 0.6 is 15.9 Å². The van der Waals surface area contributed by atoms with Gasteiger partial charge in [-0.2, -0.15) is 0 Å². The maximum Gasteiger partial charge on any atom is 0.313 e. The highest BCUT2D eigenvalue weighted by Gasteiger charge is 2.77. The van der Waals surface area contributed by atoms with Gasteiger partial charge in [0.25, 0.3) is 5.91 Å². The second-order valence-electron chi connectivity index (χ2n) is 14.1. The molecule has 1 N–H and O–H groups in total. The van der Waals surface area contributed by atoms with Crippen molar-refractivity contribution in [3.05, 3.63) is 104 Å². The fraction of sp³-hybridized carbons (Fsp3) is 0.415. The number of benzene rings is 3. The number of anilines is 1. The first-order valence-electron chi connectivity index (χ1n) is 17.8. The molecule has 3 saturated heterocycles. The number of hydrogen-bond acceptors (Lipinski definition) is 7. The lowest BCUT2D eigenvalue weighted by molar-refractivity contribution is -0.165. The average Bonchev–Trinajstić information content (AvgIpc) is 3.76. The molecule has 3 fully saturated rings. The summed E-state index contributed by atoms with van der Waals surface area (Å²) in [7, 11) is 1.68. The third-order valence-electron chi connectivity index (χ3n) is 11.0. The van der Waals surface area contributed by atoms with E-state index in [0.29, 0.717) is 24.1 Å². The maximum absolute atomic E-state index is 15.0. The van der Waals surface area contributed by atoms with E-state index >= 15 is 0 Å². The first kappa shape index (κ1) is 37.4. The van der Waals surface area contributed by atoms with Crippen LogP contribution in [0.2, 0.25) is 0 Å². The Hall–Kier alpha value is -4.32. The maximum atomic E-state index is 15.0. The number of fused-ring (bicyclic) bond motifs is 2. The fourth-order valence-electron chi connectivity index (χ4n) is 8.25. The van der Waals surface area contributed by atoms with E-state index < -0.39 is 72.2 Å². The molecule has 11 heteroatoms. The molecule has 3 amide bonds. The van der Waals surface area contributed by atoms with E-state index in [2.05, 4.69) is 29.1 Å². The number of allylic oxidation sites excluding steroid dienone is 1. The van der Waals surface area contributed by atoms with Crippen molar-refractivity contribution in [2.45, 2.75) is 73.9 Å². The lowest BCUT2D eigenvalue weighted by Gasteiger charge is -2.38. The molecular formula is C41H46BrN3O7. The van der Waals surface area contributed by atoms with Crippen LogP contribution in [0.15, 0.2) is 98.1 Å². The van der Waals surface area contributed by atoms with Crippen LogP contribution in [0.4, 0.5) is 5.69 Å². The third kappa shape index (κ3) is 6.47. The smallest absolute Gasteiger partial charge is 0.313 e. The summed E-state index contributed by atoms with van der Waals surface area (Å²) in [5, 5.41) is 12.3. The standard InChI is InChI=1S/C41H46BrN3O7/c1-6-8-18-32(47)43(5)26(4)35(28-15-10-9-11-16-28)51-40(50)33-34-38(48)45(25(3)24-46)37(41(34)23-31(42)36(33)52-41)39(49)44(21-7-2)30-20-19-27-14-12-13-17-29(27)22-30/h6-7,9-17,19-20,22,25-26,31,33-37,46H,1-2,8,18,21,23-24H2,3-5H3/t25-,26+,31?,33-,34+,35-,36-,37-,41+/m1/s1. The van der Waals surface area contributed by atoms with Crippen molar-refractivity contribution >= 4 is 56.1 Å². The number of aliphatic hydroxyl groups excluding tert-OH is 1. The molecule has 6 rings (SSSR count). The average molecular weight is 773 g/mol. The largest absolute Gasteiger partial charge is 0.455 e. The molecule has 1 unspecified atom stereocenters. The van der Waals surface area contributed by atoms with E-state index in [9.17, 15) is 24.3 Å². The number of amides is 3. The van der Waals surface area contributed by atoms with Gasteiger partial charge < -0.3 is 29.3 Å². The minimum absolute atomic E-state index is 0.122. The number of alkyl halides is 1. The first-order valence-corrected chi connectivity index (χ1v) is 18.7. The Morgan fingerprint density at radius 3 is 2.42 bits per heavy atom. The highest BCUT2D eigenvalue weighted by molar-refractivity contribution is 9.09. The van der Waals surface area contributed by atoms with Gasteiger partial charge in [-0.1, -0.05) is 88.7 Å². The zero-order valence-corrected chi connectivity index (χ0v) is 31.4. The van der Waals surface area contributed by atoms with Gasteiger partial charge in [0.15, 0.2) is 0 Å². The van der Waals surface area contributed by atoms with E-state index in [1.54, 1.807) is 35.9 Å². The van der Waals surface area contributed by atoms with Crippen LogP contribution < -0.4 is 4.90 Å². The van der Waals surface area contributed by atoms with Gasteiger partial charge >= 0.3 is 5.97 Å². The highest BCUT2D eigenvalue weighted by atomic mass is 79.9. The van der Waals surface area contributed by atoms with Crippen LogP contribution in [0, 0.1) is 11.8 Å². The molecule has 0 saturated carbocycles. The molecule has 3 heterocycles. The van der Waals surface area contributed by atoms with Crippen molar-refractivity contribution in [1.82, 2.24) is 9.80 Å². The Labute approximate surface area is 313 Å². The number of halogens is 1. The van der Waals surface area contributed by atoms with Crippen molar-refractivity contribution in [2.75, 3.05) is 25.1 Å². The van der Waals surface area contributed by atoms with Crippen molar-refractivity contribution < 1.29 is 33.8 Å². The summed E-state index contributed by atoms with van der Waals surface area (Å²) in [5.74, 6) is -3.70. The summed E-state index contributed by atoms with van der Waals surface area (Å²) in [5.41, 5.74) is -0.0580. The number of aliphatic hydroxyl groups is 1. The monoisotopic (exact) mass is 771 g/mol. The lowest BCUT2D eigenvalue weighted by Crippen LogP contribution is -2.58. The predicted molar refractivity (Wildman–Crippen MR) is 203 cm³/mol. The van der Waals surface area contributed by atoms with Gasteiger partial charge in [-0.25, -0.2) is 0 Å². The number of likely N-dealkylation sites (tertiary alicyclic amines) is 1. The quantitative estimate of drug-likeness (QED) is 0.129. The van der Waals surface area contributed by atoms with Gasteiger partial charge in [0, 0.05) is 30.5 Å². The molecule has 3 aliphatic rings. The van der Waals surface area contributed by atoms with Crippen LogP contribution in [-0.4, -0.2) is 93.5 Å². The molecule has 0 radical (unpaired) electrons. The summed E-state index contributed by atoms with van der Waals surface area (Å²) in [6, 6.07) is 20.3. The molecule has 3 aromatic carbocycles. The number of carbonyl (C=O) groups is 4. The molecule has 3 aliphatic heterocycles. The number of carbonyl (C=O) groups excluding carboxylic acids is 4. The van der Waals surface area contributed by atoms with Crippen molar-refractivity contribution in [2.24, 2.45) is 11.8 Å². The number of rotatable bonds is 14. The first-order chi connectivity index (χ1) is 25.0. The number of nitrogens with zero attached hydrogens (tertiary/aromatic N) is 3. The lowest BCUT2D eigenvalue weighted by atomic mass is 9.70. The molecular weight excluding hydrogens is 726 g/mol. The fourth-order valence-corrected chi connectivity index (χ4v) is 9.19. The summed E-state index contributed by atoms with van der Waals surface area (Å²) in [6.45, 7) is 10.9. The van der Waals surface area contributed by atoms with Gasteiger partial charge in [0.05, 0.1) is 36.6 Å². The number of ether oxygens (including phenoxy) is 2. The molecule has 2 bridgehead atoms. The number of esters is 1. The van der Waals surface area contributed by atoms with Crippen LogP contribution in [-0.2, 0) is 28.7 Å². The minimum Gasteiger partial charge on any atom is -0.455 e. The zero-order valence-electron chi connectivity index (χ0n) is 29.8. The molecule has 1 spiro atoms. The molecule has 274 valence electrons. The Kier molecular flexibility index (Phi) is 11.0. The number of hydrogen-bond donors (Lipinski definition) is 1. The van der Waals surface area contributed by atoms with Gasteiger partial charge in [-0.3, -0.25) is 19.2 Å². The number of likely N-dealkylation sites (N-methyl/N-ethyl adjacent to an activating group) is 1. The Balaban J connectivity index is 1.37. The highest BCUT2D eigenvalue weighted by Crippen LogP contribution is 2.61. The third-order valence-corrected chi connectivity index (χ3v) is 11.8. The minimum atomic E-state index is -1.37. The van der Waals surface area contributed by atoms with Crippen molar-refractivity contribution in [3.8, 4) is 0 Å². The van der Waals surface area contributed by atoms with Crippen LogP contribution in [0.5, 0.6) is 0 Å². The zero-order chi connectivity index (χ0) is 37.3. The summed E-state index contributed by atoms with van der Waals surface area (Å²) >= 11 is 3.74. The summed E-state index contributed by atoms with van der Waals surface area (Å²) < 4.78 is 13.1. The van der Waals surface area contributed by atoms with Crippen molar-refractivity contribution in [1.29, 1.82) is 0 Å². The second kappa shape index (κ2) is 15.3. The topological polar surface area (TPSA) is 117 Å². The SMILES string of the molecule is C=CCCC(=O)N(C)[C@@H](C)[C@@H](OC(=O)[C@H]1[C@@H]2O[C@@]3(CC2Br)[C@@H]1C(=O)N([C@H](C)CO)[C@@H]3C(=O)N(CC=C)c1ccc2ccccc2c1)c1ccccc1. The Morgan fingerprint density at radius 2 is 1.75 bits per heavy atom. The van der Waals surface area contributed by atoms with Gasteiger partial charge in [-0.15, -0.1) is 13.2 Å². The molecule has 0 aromatic heterocycles. The van der Waals surface area contributed by atoms with Crippen LogP contribution in [0.25, 0.3) is 10.8 Å². The van der Waals surface area contributed by atoms with Crippen LogP contribution in [0.3, 0.4) is 0 Å². The molecule has 9 atom stereocenters.